The summed E-state index contributed by atoms with van der Waals surface area (Å²) in [7, 11) is 2.99. The van der Waals surface area contributed by atoms with Gasteiger partial charge < -0.3 is 19.5 Å². The second-order valence-electron chi connectivity index (χ2n) is 4.73. The van der Waals surface area contributed by atoms with E-state index in [9.17, 15) is 4.79 Å². The molecular formula is C17H17Cl2NO4. The highest BCUT2D eigenvalue weighted by molar-refractivity contribution is 6.37. The molecule has 0 heterocycles. The van der Waals surface area contributed by atoms with Gasteiger partial charge in [-0.05, 0) is 31.2 Å². The molecule has 1 amide bonds. The third-order valence-electron chi connectivity index (χ3n) is 3.19. The van der Waals surface area contributed by atoms with Crippen LogP contribution in [0.3, 0.4) is 0 Å². The highest BCUT2D eigenvalue weighted by atomic mass is 35.5. The molecule has 0 aliphatic heterocycles. The van der Waals surface area contributed by atoms with Gasteiger partial charge in [0.15, 0.2) is 17.2 Å². The van der Waals surface area contributed by atoms with E-state index in [1.807, 2.05) is 6.92 Å². The zero-order chi connectivity index (χ0) is 17.7. The van der Waals surface area contributed by atoms with Crippen molar-refractivity contribution in [3.8, 4) is 17.2 Å². The minimum absolute atomic E-state index is 0.263. The smallest absolute Gasteiger partial charge is 0.255 e. The Morgan fingerprint density at radius 3 is 2.25 bits per heavy atom. The van der Waals surface area contributed by atoms with Crippen molar-refractivity contribution < 1.29 is 19.0 Å². The molecule has 0 aliphatic carbocycles. The monoisotopic (exact) mass is 369 g/mol. The Morgan fingerprint density at radius 2 is 1.71 bits per heavy atom. The average Bonchev–Trinajstić information content (AvgIpc) is 2.56. The first-order chi connectivity index (χ1) is 11.5. The molecule has 5 nitrogen and oxygen atoms in total. The van der Waals surface area contributed by atoms with E-state index in [0.717, 1.165) is 0 Å². The lowest BCUT2D eigenvalue weighted by Crippen LogP contribution is -2.12. The summed E-state index contributed by atoms with van der Waals surface area (Å²) in [5, 5.41) is 3.29. The van der Waals surface area contributed by atoms with Crippen LogP contribution >= 0.6 is 23.2 Å². The van der Waals surface area contributed by atoms with Crippen LogP contribution in [0.5, 0.6) is 17.2 Å². The lowest BCUT2D eigenvalue weighted by Gasteiger charge is -2.12. The van der Waals surface area contributed by atoms with E-state index in [1.54, 1.807) is 18.2 Å². The first-order valence-electron chi connectivity index (χ1n) is 7.15. The Morgan fingerprint density at radius 1 is 1.04 bits per heavy atom. The van der Waals surface area contributed by atoms with Gasteiger partial charge in [-0.1, -0.05) is 23.2 Å². The zero-order valence-electron chi connectivity index (χ0n) is 13.5. The van der Waals surface area contributed by atoms with Crippen LogP contribution in [0.4, 0.5) is 5.69 Å². The van der Waals surface area contributed by atoms with Crippen LogP contribution in [0.15, 0.2) is 30.3 Å². The number of rotatable bonds is 6. The molecule has 7 heteroatoms. The first kappa shape index (κ1) is 18.2. The molecular weight excluding hydrogens is 353 g/mol. The van der Waals surface area contributed by atoms with Gasteiger partial charge in [0, 0.05) is 17.3 Å². The van der Waals surface area contributed by atoms with E-state index in [1.165, 1.54) is 26.4 Å². The standard InChI is InChI=1S/C17H17Cl2NO4/c1-4-24-14-6-5-11(9-15(14)22-2)20-17(21)10-7-12(18)16(23-3)13(19)8-10/h5-9H,4H2,1-3H3,(H,20,21). The van der Waals surface area contributed by atoms with E-state index in [-0.39, 0.29) is 16.0 Å². The van der Waals surface area contributed by atoms with Crippen LogP contribution in [0, 0.1) is 0 Å². The van der Waals surface area contributed by atoms with Crippen LogP contribution in [-0.4, -0.2) is 26.7 Å². The Kier molecular flexibility index (Phi) is 6.17. The summed E-state index contributed by atoms with van der Waals surface area (Å²) in [6.07, 6.45) is 0. The third kappa shape index (κ3) is 4.04. The molecule has 0 aromatic heterocycles. The number of hydrogen-bond donors (Lipinski definition) is 1. The highest BCUT2D eigenvalue weighted by Gasteiger charge is 2.14. The number of benzene rings is 2. The summed E-state index contributed by atoms with van der Waals surface area (Å²) in [6.45, 7) is 2.40. The number of hydrogen-bond acceptors (Lipinski definition) is 4. The van der Waals surface area contributed by atoms with Gasteiger partial charge in [-0.15, -0.1) is 0 Å². The molecule has 2 aromatic carbocycles. The summed E-state index contributed by atoms with van der Waals surface area (Å²) in [5.41, 5.74) is 0.877. The van der Waals surface area contributed by atoms with Gasteiger partial charge in [0.2, 0.25) is 0 Å². The van der Waals surface area contributed by atoms with Crippen molar-refractivity contribution in [1.82, 2.24) is 0 Å². The lowest BCUT2D eigenvalue weighted by molar-refractivity contribution is 0.102. The van der Waals surface area contributed by atoms with Crippen LogP contribution in [0.2, 0.25) is 10.0 Å². The van der Waals surface area contributed by atoms with E-state index in [2.05, 4.69) is 5.32 Å². The molecule has 0 saturated heterocycles. The van der Waals surface area contributed by atoms with Gasteiger partial charge in [-0.3, -0.25) is 4.79 Å². The maximum absolute atomic E-state index is 12.4. The molecule has 2 aromatic rings. The summed E-state index contributed by atoms with van der Waals surface area (Å²) < 4.78 is 15.8. The fourth-order valence-electron chi connectivity index (χ4n) is 2.11. The van der Waals surface area contributed by atoms with Gasteiger partial charge >= 0.3 is 0 Å². The van der Waals surface area contributed by atoms with E-state index in [0.29, 0.717) is 35.1 Å². The van der Waals surface area contributed by atoms with Gasteiger partial charge in [0.05, 0.1) is 30.9 Å². The minimum atomic E-state index is -0.354. The lowest BCUT2D eigenvalue weighted by atomic mass is 10.2. The number of nitrogens with one attached hydrogen (secondary N) is 1. The van der Waals surface area contributed by atoms with Gasteiger partial charge in [-0.25, -0.2) is 0 Å². The number of amides is 1. The van der Waals surface area contributed by atoms with E-state index >= 15 is 0 Å². The second kappa shape index (κ2) is 8.13. The third-order valence-corrected chi connectivity index (χ3v) is 3.75. The van der Waals surface area contributed by atoms with Crippen molar-refractivity contribution in [2.24, 2.45) is 0 Å². The second-order valence-corrected chi connectivity index (χ2v) is 5.54. The van der Waals surface area contributed by atoms with E-state index in [4.69, 9.17) is 37.4 Å². The predicted molar refractivity (Wildman–Crippen MR) is 95.1 cm³/mol. The maximum atomic E-state index is 12.4. The van der Waals surface area contributed by atoms with E-state index < -0.39 is 0 Å². The minimum Gasteiger partial charge on any atom is -0.494 e. The summed E-state index contributed by atoms with van der Waals surface area (Å²) in [6, 6.07) is 8.11. The molecule has 0 spiro atoms. The molecule has 24 heavy (non-hydrogen) atoms. The first-order valence-corrected chi connectivity index (χ1v) is 7.91. The number of anilines is 1. The summed E-state index contributed by atoms with van der Waals surface area (Å²) in [4.78, 5) is 12.4. The van der Waals surface area contributed by atoms with Crippen molar-refractivity contribution in [1.29, 1.82) is 0 Å². The molecule has 0 unspecified atom stereocenters. The average molecular weight is 370 g/mol. The van der Waals surface area contributed by atoms with Crippen LogP contribution in [0.1, 0.15) is 17.3 Å². The maximum Gasteiger partial charge on any atom is 0.255 e. The van der Waals surface area contributed by atoms with Crippen LogP contribution in [0.25, 0.3) is 0 Å². The van der Waals surface area contributed by atoms with Crippen LogP contribution in [-0.2, 0) is 0 Å². The zero-order valence-corrected chi connectivity index (χ0v) is 15.0. The SMILES string of the molecule is CCOc1ccc(NC(=O)c2cc(Cl)c(OC)c(Cl)c2)cc1OC. The quantitative estimate of drug-likeness (QED) is 0.804. The van der Waals surface area contributed by atoms with Gasteiger partial charge in [0.25, 0.3) is 5.91 Å². The number of ether oxygens (including phenoxy) is 3. The molecule has 1 N–H and O–H groups in total. The van der Waals surface area contributed by atoms with Crippen molar-refractivity contribution in [3.05, 3.63) is 45.9 Å². The molecule has 0 aliphatic rings. The summed E-state index contributed by atoms with van der Waals surface area (Å²) >= 11 is 12.1. The Labute approximate surface area is 150 Å². The van der Waals surface area contributed by atoms with Crippen molar-refractivity contribution >= 4 is 34.8 Å². The molecule has 0 bridgehead atoms. The largest absolute Gasteiger partial charge is 0.494 e. The highest BCUT2D eigenvalue weighted by Crippen LogP contribution is 2.34. The Balaban J connectivity index is 2.23. The fraction of sp³-hybridized carbons (Fsp3) is 0.235. The molecule has 0 atom stereocenters. The van der Waals surface area contributed by atoms with Crippen molar-refractivity contribution in [2.75, 3.05) is 26.1 Å². The number of methoxy groups -OCH3 is 2. The van der Waals surface area contributed by atoms with Crippen molar-refractivity contribution in [2.45, 2.75) is 6.92 Å². The van der Waals surface area contributed by atoms with Gasteiger partial charge in [-0.2, -0.15) is 0 Å². The Hall–Kier alpha value is -2.11. The fourth-order valence-corrected chi connectivity index (χ4v) is 2.75. The van der Waals surface area contributed by atoms with Gasteiger partial charge in [0.1, 0.15) is 0 Å². The molecule has 0 radical (unpaired) electrons. The van der Waals surface area contributed by atoms with Crippen LogP contribution < -0.4 is 19.5 Å². The summed E-state index contributed by atoms with van der Waals surface area (Å²) in [5.74, 6) is 1.11. The Bertz CT molecular complexity index is 726. The van der Waals surface area contributed by atoms with Crippen molar-refractivity contribution in [3.63, 3.8) is 0 Å². The molecule has 0 fully saturated rings. The number of halogens is 2. The normalized spacial score (nSPS) is 10.2. The number of carbonyl (C=O) groups excluding carboxylic acids is 1. The topological polar surface area (TPSA) is 56.8 Å². The molecule has 2 rings (SSSR count). The predicted octanol–water partition coefficient (Wildman–Crippen LogP) is 4.66. The molecule has 0 saturated carbocycles. The number of carbonyl (C=O) groups is 1. The molecule has 128 valence electrons.